The molecule has 1 rings (SSSR count). The second kappa shape index (κ2) is 6.97. The highest BCUT2D eigenvalue weighted by Crippen LogP contribution is 2.24. The largest absolute Gasteiger partial charge is 0.444 e. The van der Waals surface area contributed by atoms with E-state index < -0.39 is 11.7 Å². The summed E-state index contributed by atoms with van der Waals surface area (Å²) in [5.74, 6) is 1.37. The smallest absolute Gasteiger partial charge is 0.408 e. The van der Waals surface area contributed by atoms with Crippen LogP contribution in [0.4, 0.5) is 4.79 Å². The third kappa shape index (κ3) is 5.40. The molecule has 0 bridgehead atoms. The average molecular weight is 301 g/mol. The highest BCUT2D eigenvalue weighted by molar-refractivity contribution is 7.99. The summed E-state index contributed by atoms with van der Waals surface area (Å²) in [7, 11) is 0. The molecule has 6 nitrogen and oxygen atoms in total. The van der Waals surface area contributed by atoms with Crippen molar-refractivity contribution in [3.63, 3.8) is 0 Å². The number of amides is 1. The molecule has 0 fully saturated rings. The fraction of sp³-hybridized carbons (Fsp3) is 0.769. The maximum atomic E-state index is 11.9. The van der Waals surface area contributed by atoms with Crippen molar-refractivity contribution < 1.29 is 13.9 Å². The molecular formula is C13H23N3O3S. The summed E-state index contributed by atoms with van der Waals surface area (Å²) in [5, 5.41) is 11.2. The van der Waals surface area contributed by atoms with E-state index in [0.29, 0.717) is 11.1 Å². The predicted molar refractivity (Wildman–Crippen MR) is 77.6 cm³/mol. The Balaban J connectivity index is 2.76. The van der Waals surface area contributed by atoms with E-state index in [-0.39, 0.29) is 12.0 Å². The molecule has 0 aliphatic rings. The van der Waals surface area contributed by atoms with Gasteiger partial charge < -0.3 is 14.5 Å². The van der Waals surface area contributed by atoms with Gasteiger partial charge in [-0.1, -0.05) is 32.5 Å². The molecule has 0 saturated heterocycles. The molecule has 1 aromatic heterocycles. The molecule has 0 unspecified atom stereocenters. The molecule has 0 aliphatic heterocycles. The second-order valence-electron chi connectivity index (χ2n) is 5.71. The lowest BCUT2D eigenvalue weighted by Gasteiger charge is -2.23. The van der Waals surface area contributed by atoms with Crippen LogP contribution in [0.5, 0.6) is 0 Å². The number of aromatic nitrogens is 2. The number of hydrogen-bond donors (Lipinski definition) is 1. The van der Waals surface area contributed by atoms with Gasteiger partial charge in [0.15, 0.2) is 0 Å². The summed E-state index contributed by atoms with van der Waals surface area (Å²) < 4.78 is 10.8. The SMILES string of the molecule is CCSc1nnc([C@H](NC(=O)OC(C)(C)C)C(C)C)o1. The van der Waals surface area contributed by atoms with Crippen LogP contribution in [-0.2, 0) is 4.74 Å². The molecule has 1 atom stereocenters. The quantitative estimate of drug-likeness (QED) is 0.840. The molecule has 7 heteroatoms. The summed E-state index contributed by atoms with van der Waals surface area (Å²) in [4.78, 5) is 11.9. The number of ether oxygens (including phenoxy) is 1. The van der Waals surface area contributed by atoms with E-state index in [4.69, 9.17) is 9.15 Å². The van der Waals surface area contributed by atoms with E-state index in [0.717, 1.165) is 5.75 Å². The summed E-state index contributed by atoms with van der Waals surface area (Å²) in [5.41, 5.74) is -0.538. The zero-order chi connectivity index (χ0) is 15.3. The lowest BCUT2D eigenvalue weighted by atomic mass is 10.1. The molecule has 1 N–H and O–H groups in total. The average Bonchev–Trinajstić information content (AvgIpc) is 2.72. The van der Waals surface area contributed by atoms with Gasteiger partial charge in [-0.3, -0.25) is 0 Å². The summed E-state index contributed by atoms with van der Waals surface area (Å²) in [6, 6.07) is -0.358. The summed E-state index contributed by atoms with van der Waals surface area (Å²) in [6.07, 6.45) is -0.487. The number of nitrogens with zero attached hydrogens (tertiary/aromatic N) is 2. The first kappa shape index (κ1) is 16.8. The van der Waals surface area contributed by atoms with Crippen LogP contribution in [-0.4, -0.2) is 27.6 Å². The molecule has 0 saturated carbocycles. The summed E-state index contributed by atoms with van der Waals surface area (Å²) in [6.45, 7) is 11.4. The van der Waals surface area contributed by atoms with Gasteiger partial charge in [-0.15, -0.1) is 10.2 Å². The maximum absolute atomic E-state index is 11.9. The zero-order valence-electron chi connectivity index (χ0n) is 12.9. The van der Waals surface area contributed by atoms with Crippen molar-refractivity contribution in [1.82, 2.24) is 15.5 Å². The van der Waals surface area contributed by atoms with Crippen LogP contribution < -0.4 is 5.32 Å². The second-order valence-corrected chi connectivity index (χ2v) is 6.92. The van der Waals surface area contributed by atoms with Crippen molar-refractivity contribution in [1.29, 1.82) is 0 Å². The van der Waals surface area contributed by atoms with Gasteiger partial charge in [0.25, 0.3) is 5.22 Å². The van der Waals surface area contributed by atoms with Gasteiger partial charge >= 0.3 is 6.09 Å². The Hall–Kier alpha value is -1.24. The van der Waals surface area contributed by atoms with Crippen molar-refractivity contribution in [2.24, 2.45) is 5.92 Å². The molecule has 1 heterocycles. The van der Waals surface area contributed by atoms with Gasteiger partial charge in [-0.05, 0) is 32.4 Å². The molecule has 0 spiro atoms. The minimum Gasteiger partial charge on any atom is -0.444 e. The van der Waals surface area contributed by atoms with Crippen LogP contribution >= 0.6 is 11.8 Å². The van der Waals surface area contributed by atoms with Crippen molar-refractivity contribution in [3.05, 3.63) is 5.89 Å². The van der Waals surface area contributed by atoms with Crippen LogP contribution in [0.2, 0.25) is 0 Å². The van der Waals surface area contributed by atoms with Crippen molar-refractivity contribution in [3.8, 4) is 0 Å². The van der Waals surface area contributed by atoms with Crippen LogP contribution in [0, 0.1) is 5.92 Å². The fourth-order valence-corrected chi connectivity index (χ4v) is 1.97. The highest BCUT2D eigenvalue weighted by atomic mass is 32.2. The van der Waals surface area contributed by atoms with Crippen molar-refractivity contribution >= 4 is 17.9 Å². The van der Waals surface area contributed by atoms with Crippen LogP contribution in [0.1, 0.15) is 53.5 Å². The van der Waals surface area contributed by atoms with E-state index in [1.54, 1.807) is 0 Å². The standard InChI is InChI=1S/C13H23N3O3S/c1-7-20-12-16-15-10(18-12)9(8(2)3)14-11(17)19-13(4,5)6/h8-9H,7H2,1-6H3,(H,14,17)/t9-/m1/s1. The number of carbonyl (C=O) groups is 1. The van der Waals surface area contributed by atoms with E-state index in [1.165, 1.54) is 11.8 Å². The molecular weight excluding hydrogens is 278 g/mol. The molecule has 1 amide bonds. The van der Waals surface area contributed by atoms with Crippen molar-refractivity contribution in [2.45, 2.75) is 58.4 Å². The predicted octanol–water partition coefficient (Wildman–Crippen LogP) is 3.40. The number of alkyl carbamates (subject to hydrolysis) is 1. The Kier molecular flexibility index (Phi) is 5.86. The van der Waals surface area contributed by atoms with Gasteiger partial charge in [-0.25, -0.2) is 4.79 Å². The first-order valence-electron chi connectivity index (χ1n) is 6.68. The molecule has 114 valence electrons. The Labute approximate surface area is 124 Å². The molecule has 0 aromatic carbocycles. The van der Waals surface area contributed by atoms with E-state index in [1.807, 2.05) is 41.5 Å². The fourth-order valence-electron chi connectivity index (χ4n) is 1.48. The maximum Gasteiger partial charge on any atom is 0.408 e. The Morgan fingerprint density at radius 1 is 1.40 bits per heavy atom. The Bertz CT molecular complexity index is 440. The Morgan fingerprint density at radius 3 is 2.55 bits per heavy atom. The van der Waals surface area contributed by atoms with E-state index >= 15 is 0 Å². The lowest BCUT2D eigenvalue weighted by molar-refractivity contribution is 0.0477. The van der Waals surface area contributed by atoms with Gasteiger partial charge in [-0.2, -0.15) is 0 Å². The highest BCUT2D eigenvalue weighted by Gasteiger charge is 2.26. The molecule has 0 aliphatic carbocycles. The van der Waals surface area contributed by atoms with Gasteiger partial charge in [0.1, 0.15) is 11.6 Å². The normalized spacial score (nSPS) is 13.3. The van der Waals surface area contributed by atoms with E-state index in [2.05, 4.69) is 15.5 Å². The number of nitrogens with one attached hydrogen (secondary N) is 1. The minimum atomic E-state index is -0.538. The zero-order valence-corrected chi connectivity index (χ0v) is 13.7. The van der Waals surface area contributed by atoms with Crippen molar-refractivity contribution in [2.75, 3.05) is 5.75 Å². The third-order valence-corrected chi connectivity index (χ3v) is 3.00. The molecule has 0 radical (unpaired) electrons. The molecule has 20 heavy (non-hydrogen) atoms. The Morgan fingerprint density at radius 2 is 2.05 bits per heavy atom. The minimum absolute atomic E-state index is 0.113. The van der Waals surface area contributed by atoms with Gasteiger partial charge in [0, 0.05) is 0 Å². The lowest BCUT2D eigenvalue weighted by Crippen LogP contribution is -2.37. The summed E-state index contributed by atoms with van der Waals surface area (Å²) >= 11 is 1.47. The number of thioether (sulfide) groups is 1. The number of hydrogen-bond acceptors (Lipinski definition) is 6. The monoisotopic (exact) mass is 301 g/mol. The number of rotatable bonds is 5. The number of carbonyl (C=O) groups excluding carboxylic acids is 1. The molecule has 1 aromatic rings. The van der Waals surface area contributed by atoms with Gasteiger partial charge in [0.2, 0.25) is 5.89 Å². The topological polar surface area (TPSA) is 77.2 Å². The van der Waals surface area contributed by atoms with Crippen LogP contribution in [0.15, 0.2) is 9.64 Å². The first-order valence-corrected chi connectivity index (χ1v) is 7.67. The van der Waals surface area contributed by atoms with Gasteiger partial charge in [0.05, 0.1) is 0 Å². The first-order chi connectivity index (χ1) is 9.23. The third-order valence-electron chi connectivity index (χ3n) is 2.29. The van der Waals surface area contributed by atoms with Crippen LogP contribution in [0.25, 0.3) is 0 Å². The van der Waals surface area contributed by atoms with E-state index in [9.17, 15) is 4.79 Å². The van der Waals surface area contributed by atoms with Crippen LogP contribution in [0.3, 0.4) is 0 Å².